The van der Waals surface area contributed by atoms with Gasteiger partial charge in [-0.2, -0.15) is 0 Å². The number of fused-ring (bicyclic) bond motifs is 1. The van der Waals surface area contributed by atoms with Gasteiger partial charge in [0.1, 0.15) is 5.82 Å². The van der Waals surface area contributed by atoms with E-state index in [4.69, 9.17) is 4.74 Å². The lowest BCUT2D eigenvalue weighted by Gasteiger charge is -2.04. The summed E-state index contributed by atoms with van der Waals surface area (Å²) >= 11 is 2.74. The van der Waals surface area contributed by atoms with Crippen molar-refractivity contribution >= 4 is 45.1 Å². The molecule has 0 saturated heterocycles. The predicted octanol–water partition coefficient (Wildman–Crippen LogP) is 3.95. The third-order valence-corrected chi connectivity index (χ3v) is 5.28. The number of thiazole rings is 1. The molecule has 1 aromatic heterocycles. The van der Waals surface area contributed by atoms with Crippen LogP contribution in [0, 0.1) is 5.82 Å². The van der Waals surface area contributed by atoms with Crippen LogP contribution in [0.25, 0.3) is 10.2 Å². The first-order chi connectivity index (χ1) is 11.6. The number of hydrogen-bond donors (Lipinski definition) is 0. The molecule has 0 unspecified atom stereocenters. The van der Waals surface area contributed by atoms with Crippen LogP contribution in [0.3, 0.4) is 0 Å². The Hall–Kier alpha value is -2.25. The average Bonchev–Trinajstić information content (AvgIpc) is 3.01. The zero-order chi connectivity index (χ0) is 16.9. The molecule has 0 spiro atoms. The molecule has 122 valence electrons. The summed E-state index contributed by atoms with van der Waals surface area (Å²) in [6, 6.07) is 13.3. The number of esters is 1. The fourth-order valence-electron chi connectivity index (χ4n) is 1.99. The Morgan fingerprint density at radius 1 is 1.12 bits per heavy atom. The zero-order valence-electron chi connectivity index (χ0n) is 12.4. The number of benzene rings is 2. The van der Waals surface area contributed by atoms with Crippen molar-refractivity contribution in [1.82, 2.24) is 4.98 Å². The quantitative estimate of drug-likeness (QED) is 0.378. The summed E-state index contributed by atoms with van der Waals surface area (Å²) in [5.74, 6) is -1.68. The summed E-state index contributed by atoms with van der Waals surface area (Å²) in [5, 5.41) is 0. The van der Waals surface area contributed by atoms with Crippen LogP contribution in [0.15, 0.2) is 52.9 Å². The van der Waals surface area contributed by atoms with Crippen molar-refractivity contribution in [2.75, 3.05) is 12.4 Å². The van der Waals surface area contributed by atoms with E-state index in [9.17, 15) is 14.0 Å². The largest absolute Gasteiger partial charge is 0.457 e. The first-order valence-electron chi connectivity index (χ1n) is 7.05. The molecule has 0 aliphatic carbocycles. The molecule has 2 aromatic carbocycles. The number of Topliss-reactive ketones (excluding diaryl/α,β-unsaturated/α-hetero) is 1. The van der Waals surface area contributed by atoms with E-state index in [0.717, 1.165) is 14.6 Å². The molecular formula is C17H12FNO3S2. The van der Waals surface area contributed by atoms with Crippen molar-refractivity contribution in [2.45, 2.75) is 4.34 Å². The molecule has 0 aliphatic rings. The van der Waals surface area contributed by atoms with Gasteiger partial charge in [-0.15, -0.1) is 11.3 Å². The monoisotopic (exact) mass is 361 g/mol. The second-order valence-electron chi connectivity index (χ2n) is 4.80. The van der Waals surface area contributed by atoms with Crippen LogP contribution in [0.5, 0.6) is 0 Å². The molecule has 0 fully saturated rings. The fraction of sp³-hybridized carbons (Fsp3) is 0.118. The van der Waals surface area contributed by atoms with Gasteiger partial charge in [0.15, 0.2) is 10.9 Å². The number of ether oxygens (including phenoxy) is 1. The number of carbonyl (C=O) groups excluding carboxylic acids is 2. The molecule has 3 rings (SSSR count). The molecule has 0 radical (unpaired) electrons. The van der Waals surface area contributed by atoms with Crippen molar-refractivity contribution < 1.29 is 18.7 Å². The van der Waals surface area contributed by atoms with Gasteiger partial charge in [-0.25, -0.2) is 9.37 Å². The van der Waals surface area contributed by atoms with E-state index in [1.807, 2.05) is 24.3 Å². The molecule has 4 nitrogen and oxygen atoms in total. The Kier molecular flexibility index (Phi) is 5.22. The minimum Gasteiger partial charge on any atom is -0.457 e. The van der Waals surface area contributed by atoms with Crippen LogP contribution in [0.4, 0.5) is 4.39 Å². The highest BCUT2D eigenvalue weighted by Crippen LogP contribution is 2.29. The lowest BCUT2D eigenvalue weighted by molar-refractivity contribution is -0.139. The van der Waals surface area contributed by atoms with Crippen LogP contribution >= 0.6 is 23.1 Å². The van der Waals surface area contributed by atoms with Crippen molar-refractivity contribution in [3.8, 4) is 0 Å². The lowest BCUT2D eigenvalue weighted by atomic mass is 10.1. The Balaban J connectivity index is 1.51. The number of aromatic nitrogens is 1. The van der Waals surface area contributed by atoms with E-state index in [0.29, 0.717) is 0 Å². The van der Waals surface area contributed by atoms with Crippen molar-refractivity contribution in [2.24, 2.45) is 0 Å². The molecule has 7 heteroatoms. The molecule has 0 N–H and O–H groups in total. The summed E-state index contributed by atoms with van der Waals surface area (Å²) in [6.07, 6.45) is 0. The molecule has 0 bridgehead atoms. The number of nitrogens with zero attached hydrogens (tertiary/aromatic N) is 1. The number of rotatable bonds is 6. The van der Waals surface area contributed by atoms with Gasteiger partial charge in [0.05, 0.1) is 21.5 Å². The van der Waals surface area contributed by atoms with E-state index in [1.54, 1.807) is 6.07 Å². The summed E-state index contributed by atoms with van der Waals surface area (Å²) in [7, 11) is 0. The maximum atomic E-state index is 13.5. The predicted molar refractivity (Wildman–Crippen MR) is 92.0 cm³/mol. The first-order valence-corrected chi connectivity index (χ1v) is 8.85. The van der Waals surface area contributed by atoms with Gasteiger partial charge in [0, 0.05) is 0 Å². The summed E-state index contributed by atoms with van der Waals surface area (Å²) < 4.78 is 20.2. The lowest BCUT2D eigenvalue weighted by Crippen LogP contribution is -2.16. The van der Waals surface area contributed by atoms with Gasteiger partial charge in [-0.1, -0.05) is 36.0 Å². The maximum Gasteiger partial charge on any atom is 0.316 e. The van der Waals surface area contributed by atoms with E-state index in [1.165, 1.54) is 41.3 Å². The van der Waals surface area contributed by atoms with Gasteiger partial charge in [-0.05, 0) is 24.3 Å². The summed E-state index contributed by atoms with van der Waals surface area (Å²) in [5.41, 5.74) is 0.803. The normalized spacial score (nSPS) is 10.7. The standard InChI is InChI=1S/C17H12FNO3S2/c18-12-6-2-1-5-11(12)14(20)9-22-16(21)10-23-17-19-13-7-3-4-8-15(13)24-17/h1-8H,9-10H2. The van der Waals surface area contributed by atoms with E-state index in [-0.39, 0.29) is 11.3 Å². The minimum atomic E-state index is -0.623. The van der Waals surface area contributed by atoms with Crippen molar-refractivity contribution in [3.05, 3.63) is 59.9 Å². The summed E-state index contributed by atoms with van der Waals surface area (Å²) in [6.45, 7) is -0.472. The zero-order valence-corrected chi connectivity index (χ0v) is 14.0. The van der Waals surface area contributed by atoms with Crippen LogP contribution in [0.2, 0.25) is 0 Å². The summed E-state index contributed by atoms with van der Waals surface area (Å²) in [4.78, 5) is 28.0. The molecule has 0 aliphatic heterocycles. The van der Waals surface area contributed by atoms with Crippen LogP contribution in [-0.2, 0) is 9.53 Å². The Labute approximate surface area is 145 Å². The molecule has 3 aromatic rings. The highest BCUT2D eigenvalue weighted by Gasteiger charge is 2.14. The highest BCUT2D eigenvalue weighted by atomic mass is 32.2. The number of para-hydroxylation sites is 1. The SMILES string of the molecule is O=C(CSc1nc2ccccc2s1)OCC(=O)c1ccccc1F. The van der Waals surface area contributed by atoms with E-state index < -0.39 is 24.2 Å². The topological polar surface area (TPSA) is 56.3 Å². The van der Waals surface area contributed by atoms with Gasteiger partial charge in [0.25, 0.3) is 0 Å². The number of ketones is 1. The highest BCUT2D eigenvalue weighted by molar-refractivity contribution is 8.01. The number of thioether (sulfide) groups is 1. The Morgan fingerprint density at radius 3 is 2.67 bits per heavy atom. The first kappa shape index (κ1) is 16.6. The van der Waals surface area contributed by atoms with Gasteiger partial charge in [0.2, 0.25) is 5.78 Å². The third-order valence-electron chi connectivity index (χ3n) is 3.13. The second kappa shape index (κ2) is 7.55. The van der Waals surface area contributed by atoms with Crippen LogP contribution in [-0.4, -0.2) is 29.1 Å². The van der Waals surface area contributed by atoms with Gasteiger partial charge < -0.3 is 4.74 Å². The molecular weight excluding hydrogens is 349 g/mol. The van der Waals surface area contributed by atoms with Crippen LogP contribution in [0.1, 0.15) is 10.4 Å². The maximum absolute atomic E-state index is 13.5. The molecule has 0 amide bonds. The van der Waals surface area contributed by atoms with Crippen LogP contribution < -0.4 is 0 Å². The second-order valence-corrected chi connectivity index (χ2v) is 7.05. The average molecular weight is 361 g/mol. The number of halogens is 1. The molecule has 24 heavy (non-hydrogen) atoms. The van der Waals surface area contributed by atoms with E-state index in [2.05, 4.69) is 4.98 Å². The smallest absolute Gasteiger partial charge is 0.316 e. The Morgan fingerprint density at radius 2 is 1.88 bits per heavy atom. The fourth-order valence-corrected chi connectivity index (χ4v) is 3.85. The van der Waals surface area contributed by atoms with E-state index >= 15 is 0 Å². The number of hydrogen-bond acceptors (Lipinski definition) is 6. The molecule has 1 heterocycles. The number of carbonyl (C=O) groups is 2. The Bertz CT molecular complexity index is 861. The molecule has 0 saturated carbocycles. The van der Waals surface area contributed by atoms with Crippen molar-refractivity contribution in [1.29, 1.82) is 0 Å². The van der Waals surface area contributed by atoms with Gasteiger partial charge in [-0.3, -0.25) is 9.59 Å². The van der Waals surface area contributed by atoms with Crippen molar-refractivity contribution in [3.63, 3.8) is 0 Å². The third kappa shape index (κ3) is 3.98. The molecule has 0 atom stereocenters. The minimum absolute atomic E-state index is 0.0460. The van der Waals surface area contributed by atoms with Gasteiger partial charge >= 0.3 is 5.97 Å².